The van der Waals surface area contributed by atoms with Crippen molar-refractivity contribution in [1.82, 2.24) is 4.57 Å². The fourth-order valence-corrected chi connectivity index (χ4v) is 6.12. The van der Waals surface area contributed by atoms with Crippen LogP contribution in [0.1, 0.15) is 17.3 Å². The zero-order valence-corrected chi connectivity index (χ0v) is 20.1. The third-order valence-corrected chi connectivity index (χ3v) is 8.26. The van der Waals surface area contributed by atoms with Crippen LogP contribution in [0.2, 0.25) is 0 Å². The molecule has 2 heterocycles. The summed E-state index contributed by atoms with van der Waals surface area (Å²) in [4.78, 5) is 12.7. The van der Waals surface area contributed by atoms with Gasteiger partial charge in [-0.05, 0) is 60.3 Å². The van der Waals surface area contributed by atoms with E-state index in [1.54, 1.807) is 53.9 Å². The molecule has 168 valence electrons. The van der Waals surface area contributed by atoms with Gasteiger partial charge in [-0.2, -0.15) is 8.42 Å². The molecule has 2 aromatic carbocycles. The van der Waals surface area contributed by atoms with Crippen LogP contribution in [-0.2, 0) is 16.6 Å². The minimum Gasteiger partial charge on any atom is -0.423 e. The summed E-state index contributed by atoms with van der Waals surface area (Å²) < 4.78 is 36.9. The zero-order chi connectivity index (χ0) is 23.3. The summed E-state index contributed by atoms with van der Waals surface area (Å²) in [7, 11) is -3.78. The summed E-state index contributed by atoms with van der Waals surface area (Å²) in [6.45, 7) is 2.38. The number of carbonyl (C=O) groups is 1. The Morgan fingerprint density at radius 3 is 2.45 bits per heavy atom. The van der Waals surface area contributed by atoms with Crippen molar-refractivity contribution in [1.29, 1.82) is 0 Å². The first-order chi connectivity index (χ1) is 16.0. The van der Waals surface area contributed by atoms with Crippen molar-refractivity contribution in [3.63, 3.8) is 0 Å². The standard InChI is InChI=1S/C24H20N2O4S3/c1-2-3-15-26-21(17-32-24(26)25-33(28,29)22-10-7-16-31-22)18-11-13-20(14-12-18)30-23(27)19-8-5-4-6-9-19/h2-14,16-17H,15H2,1H3/b3-2-,25-24?. The monoisotopic (exact) mass is 496 g/mol. The summed E-state index contributed by atoms with van der Waals surface area (Å²) in [5.41, 5.74) is 2.14. The predicted molar refractivity (Wildman–Crippen MR) is 131 cm³/mol. The van der Waals surface area contributed by atoms with Crippen LogP contribution in [0.5, 0.6) is 5.75 Å². The Labute approximate surface area is 199 Å². The lowest BCUT2D eigenvalue weighted by Gasteiger charge is -2.08. The van der Waals surface area contributed by atoms with Crippen molar-refractivity contribution in [2.75, 3.05) is 0 Å². The molecule has 0 aliphatic heterocycles. The van der Waals surface area contributed by atoms with Crippen molar-refractivity contribution in [3.05, 3.63) is 100 Å². The number of rotatable bonds is 7. The molecule has 9 heteroatoms. The average Bonchev–Trinajstić information content (AvgIpc) is 3.50. The van der Waals surface area contributed by atoms with E-state index in [4.69, 9.17) is 4.74 Å². The Balaban J connectivity index is 1.65. The fourth-order valence-electron chi connectivity index (χ4n) is 3.01. The number of esters is 1. The molecule has 6 nitrogen and oxygen atoms in total. The number of allylic oxidation sites excluding steroid dienone is 2. The predicted octanol–water partition coefficient (Wildman–Crippen LogP) is 5.36. The molecule has 4 aromatic rings. The van der Waals surface area contributed by atoms with Gasteiger partial charge in [-0.15, -0.1) is 27.1 Å². The maximum atomic E-state index is 12.7. The van der Waals surface area contributed by atoms with Gasteiger partial charge in [0.05, 0.1) is 11.3 Å². The van der Waals surface area contributed by atoms with Crippen LogP contribution in [0.4, 0.5) is 0 Å². The van der Waals surface area contributed by atoms with E-state index in [-0.39, 0.29) is 4.21 Å². The lowest BCUT2D eigenvalue weighted by molar-refractivity contribution is 0.0734. The maximum absolute atomic E-state index is 12.7. The molecule has 0 saturated carbocycles. The zero-order valence-electron chi connectivity index (χ0n) is 17.6. The van der Waals surface area contributed by atoms with E-state index in [2.05, 4.69) is 4.40 Å². The van der Waals surface area contributed by atoms with Crippen LogP contribution in [0, 0.1) is 0 Å². The average molecular weight is 497 g/mol. The van der Waals surface area contributed by atoms with E-state index in [0.29, 0.717) is 22.7 Å². The maximum Gasteiger partial charge on any atom is 0.343 e. The molecular weight excluding hydrogens is 476 g/mol. The number of carbonyl (C=O) groups excluding carboxylic acids is 1. The Hall–Kier alpha value is -3.27. The van der Waals surface area contributed by atoms with Gasteiger partial charge in [0.1, 0.15) is 9.96 Å². The van der Waals surface area contributed by atoms with Gasteiger partial charge >= 0.3 is 5.97 Å². The number of hydrogen-bond donors (Lipinski definition) is 0. The minimum absolute atomic E-state index is 0.208. The van der Waals surface area contributed by atoms with Gasteiger partial charge in [-0.25, -0.2) is 4.79 Å². The van der Waals surface area contributed by atoms with Crippen molar-refractivity contribution in [2.45, 2.75) is 17.7 Å². The first-order valence-electron chi connectivity index (χ1n) is 9.99. The Morgan fingerprint density at radius 1 is 1.03 bits per heavy atom. The number of sulfonamides is 1. The largest absolute Gasteiger partial charge is 0.423 e. The molecule has 0 atom stereocenters. The molecule has 33 heavy (non-hydrogen) atoms. The Bertz CT molecular complexity index is 1430. The number of benzene rings is 2. The van der Waals surface area contributed by atoms with Gasteiger partial charge in [0.2, 0.25) is 4.80 Å². The van der Waals surface area contributed by atoms with E-state index in [9.17, 15) is 13.2 Å². The fraction of sp³-hybridized carbons (Fsp3) is 0.0833. The molecule has 0 radical (unpaired) electrons. The lowest BCUT2D eigenvalue weighted by atomic mass is 10.1. The minimum atomic E-state index is -3.78. The highest BCUT2D eigenvalue weighted by molar-refractivity contribution is 7.92. The third-order valence-electron chi connectivity index (χ3n) is 4.64. The molecule has 0 spiro atoms. The summed E-state index contributed by atoms with van der Waals surface area (Å²) >= 11 is 2.40. The van der Waals surface area contributed by atoms with Crippen molar-refractivity contribution in [3.8, 4) is 17.0 Å². The second-order valence-corrected chi connectivity index (χ2v) is 10.5. The first-order valence-corrected chi connectivity index (χ1v) is 13.2. The summed E-state index contributed by atoms with van der Waals surface area (Å²) in [6.07, 6.45) is 3.83. The number of ether oxygens (including phenoxy) is 1. The van der Waals surface area contributed by atoms with Crippen molar-refractivity contribution in [2.24, 2.45) is 4.40 Å². The number of aromatic nitrogens is 1. The Kier molecular flexibility index (Phi) is 7.02. The highest BCUT2D eigenvalue weighted by Crippen LogP contribution is 2.25. The van der Waals surface area contributed by atoms with Gasteiger partial charge in [-0.1, -0.05) is 36.4 Å². The van der Waals surface area contributed by atoms with Gasteiger partial charge in [-0.3, -0.25) is 0 Å². The van der Waals surface area contributed by atoms with Gasteiger partial charge < -0.3 is 9.30 Å². The van der Waals surface area contributed by atoms with Crippen LogP contribution in [0.3, 0.4) is 0 Å². The number of thiazole rings is 1. The van der Waals surface area contributed by atoms with E-state index in [1.807, 2.05) is 47.2 Å². The lowest BCUT2D eigenvalue weighted by Crippen LogP contribution is -2.17. The first kappa shape index (κ1) is 22.9. The molecule has 0 aliphatic rings. The van der Waals surface area contributed by atoms with Crippen LogP contribution < -0.4 is 9.54 Å². The van der Waals surface area contributed by atoms with E-state index >= 15 is 0 Å². The van der Waals surface area contributed by atoms with Crippen LogP contribution >= 0.6 is 22.7 Å². The number of hydrogen-bond acceptors (Lipinski definition) is 6. The quantitative estimate of drug-likeness (QED) is 0.196. The summed E-state index contributed by atoms with van der Waals surface area (Å²) in [6, 6.07) is 19.1. The molecule has 0 unspecified atom stereocenters. The number of nitrogens with zero attached hydrogens (tertiary/aromatic N) is 2. The topological polar surface area (TPSA) is 77.7 Å². The molecule has 0 saturated heterocycles. The Morgan fingerprint density at radius 2 is 1.79 bits per heavy atom. The van der Waals surface area contributed by atoms with Gasteiger partial charge in [0, 0.05) is 11.9 Å². The summed E-state index contributed by atoms with van der Waals surface area (Å²) in [5.74, 6) is -0.00470. The molecule has 0 fully saturated rings. The highest BCUT2D eigenvalue weighted by Gasteiger charge is 2.16. The van der Waals surface area contributed by atoms with Crippen LogP contribution in [0.15, 0.2) is 98.2 Å². The van der Waals surface area contributed by atoms with Crippen LogP contribution in [-0.4, -0.2) is 19.0 Å². The normalized spacial score (nSPS) is 12.3. The highest BCUT2D eigenvalue weighted by atomic mass is 32.2. The van der Waals surface area contributed by atoms with Gasteiger partial charge in [0.15, 0.2) is 0 Å². The third kappa shape index (κ3) is 5.39. The van der Waals surface area contributed by atoms with E-state index in [0.717, 1.165) is 22.6 Å². The molecule has 0 aliphatic carbocycles. The van der Waals surface area contributed by atoms with Crippen LogP contribution in [0.25, 0.3) is 11.3 Å². The summed E-state index contributed by atoms with van der Waals surface area (Å²) in [5, 5.41) is 3.58. The molecular formula is C24H20N2O4S3. The van der Waals surface area contributed by atoms with Gasteiger partial charge in [0.25, 0.3) is 10.0 Å². The molecule has 4 rings (SSSR count). The molecule has 0 bridgehead atoms. The number of thiophene rings is 1. The molecule has 0 N–H and O–H groups in total. The second kappa shape index (κ2) is 10.1. The molecule has 0 amide bonds. The van der Waals surface area contributed by atoms with Crippen molar-refractivity contribution < 1.29 is 17.9 Å². The SMILES string of the molecule is C/C=C\Cn1c(-c2ccc(OC(=O)c3ccccc3)cc2)csc1=NS(=O)(=O)c1cccs1. The second-order valence-electron chi connectivity index (χ2n) is 6.86. The molecule has 2 aromatic heterocycles. The van der Waals surface area contributed by atoms with E-state index in [1.165, 1.54) is 11.3 Å². The van der Waals surface area contributed by atoms with E-state index < -0.39 is 16.0 Å². The van der Waals surface area contributed by atoms with Crippen molar-refractivity contribution >= 4 is 38.7 Å². The smallest absolute Gasteiger partial charge is 0.343 e.